The van der Waals surface area contributed by atoms with E-state index in [1.165, 1.54) is 5.56 Å². The number of nitrogens with zero attached hydrogens (tertiary/aromatic N) is 3. The van der Waals surface area contributed by atoms with Gasteiger partial charge in [0.2, 0.25) is 0 Å². The van der Waals surface area contributed by atoms with Crippen molar-refractivity contribution in [3.63, 3.8) is 0 Å². The Balaban J connectivity index is 0.00000256. The summed E-state index contributed by atoms with van der Waals surface area (Å²) in [6, 6.07) is 21.6. The molecular formula is C23H26ClN5O. The first-order valence-electron chi connectivity index (χ1n) is 9.86. The molecule has 1 aliphatic rings. The van der Waals surface area contributed by atoms with Crippen LogP contribution in [0.15, 0.2) is 66.7 Å². The van der Waals surface area contributed by atoms with Crippen molar-refractivity contribution in [2.45, 2.75) is 12.8 Å². The Kier molecular flexibility index (Phi) is 7.03. The highest BCUT2D eigenvalue weighted by molar-refractivity contribution is 5.95. The monoisotopic (exact) mass is 423 g/mol. The molecule has 2 aromatic carbocycles. The lowest BCUT2D eigenvalue weighted by molar-refractivity contribution is 0.0786. The van der Waals surface area contributed by atoms with E-state index in [4.69, 9.17) is 5.73 Å². The Labute approximate surface area is 182 Å². The molecule has 0 bridgehead atoms. The molecule has 6 nitrogen and oxygen atoms in total. The maximum Gasteiger partial charge on any atom is 0.253 e. The van der Waals surface area contributed by atoms with E-state index in [2.05, 4.69) is 27.6 Å². The van der Waals surface area contributed by atoms with Crippen LogP contribution in [0.4, 0.5) is 11.5 Å². The number of carbonyl (C=O) groups is 1. The molecule has 0 radical (unpaired) electrons. The van der Waals surface area contributed by atoms with Crippen molar-refractivity contribution in [1.82, 2.24) is 15.1 Å². The summed E-state index contributed by atoms with van der Waals surface area (Å²) >= 11 is 0. The van der Waals surface area contributed by atoms with Gasteiger partial charge in [-0.3, -0.25) is 4.79 Å². The summed E-state index contributed by atoms with van der Waals surface area (Å²) in [5.41, 5.74) is 9.58. The van der Waals surface area contributed by atoms with Gasteiger partial charge < -0.3 is 16.0 Å². The lowest BCUT2D eigenvalue weighted by Gasteiger charge is -2.17. The van der Waals surface area contributed by atoms with Crippen molar-refractivity contribution >= 4 is 29.8 Å². The molecule has 4 rings (SSSR count). The first kappa shape index (κ1) is 21.7. The summed E-state index contributed by atoms with van der Waals surface area (Å²) in [4.78, 5) is 15.1. The highest BCUT2D eigenvalue weighted by Gasteiger charge is 2.35. The predicted molar refractivity (Wildman–Crippen MR) is 121 cm³/mol. The average Bonchev–Trinajstić information content (AvgIpc) is 3.20. The summed E-state index contributed by atoms with van der Waals surface area (Å²) in [5, 5.41) is 11.4. The molecule has 2 atom stereocenters. The van der Waals surface area contributed by atoms with E-state index in [0.29, 0.717) is 31.0 Å². The van der Waals surface area contributed by atoms with Crippen molar-refractivity contribution in [2.75, 3.05) is 25.0 Å². The fraction of sp³-hybridized carbons (Fsp3) is 0.261. The van der Waals surface area contributed by atoms with E-state index >= 15 is 0 Å². The molecule has 7 heteroatoms. The van der Waals surface area contributed by atoms with Crippen LogP contribution >= 0.6 is 12.4 Å². The Morgan fingerprint density at radius 1 is 1.07 bits per heavy atom. The van der Waals surface area contributed by atoms with Gasteiger partial charge in [0.25, 0.3) is 5.91 Å². The standard InChI is InChI=1S/C23H25N5O.ClH/c1-16-10-11-22(27-26-16)25-20-9-5-8-18(12-20)23(29)28-14-19(13-24)21(15-28)17-6-3-2-4-7-17;/h2-12,19,21H,13-15,24H2,1H3,(H,25,27);1H/t19-,21+;/m1./s1. The number of aromatic nitrogens is 2. The number of benzene rings is 2. The van der Waals surface area contributed by atoms with Gasteiger partial charge in [-0.2, -0.15) is 5.10 Å². The molecule has 2 heterocycles. The van der Waals surface area contributed by atoms with Crippen LogP contribution in [0.3, 0.4) is 0 Å². The van der Waals surface area contributed by atoms with E-state index < -0.39 is 0 Å². The zero-order chi connectivity index (χ0) is 20.2. The first-order valence-corrected chi connectivity index (χ1v) is 9.86. The number of carbonyl (C=O) groups excluding carboxylic acids is 1. The second kappa shape index (κ2) is 9.69. The number of nitrogens with one attached hydrogen (secondary N) is 1. The largest absolute Gasteiger partial charge is 0.339 e. The maximum absolute atomic E-state index is 13.2. The number of nitrogens with two attached hydrogens (primary N) is 1. The lowest BCUT2D eigenvalue weighted by Crippen LogP contribution is -2.29. The second-order valence-corrected chi connectivity index (χ2v) is 7.49. The fourth-order valence-electron chi connectivity index (χ4n) is 3.88. The molecule has 0 aliphatic carbocycles. The van der Waals surface area contributed by atoms with Crippen LogP contribution in [-0.4, -0.2) is 40.6 Å². The number of aryl methyl sites for hydroxylation is 1. The highest BCUT2D eigenvalue weighted by atomic mass is 35.5. The van der Waals surface area contributed by atoms with E-state index in [0.717, 1.165) is 11.4 Å². The van der Waals surface area contributed by atoms with Crippen LogP contribution in [0.2, 0.25) is 0 Å². The lowest BCUT2D eigenvalue weighted by atomic mass is 9.89. The topological polar surface area (TPSA) is 84.1 Å². The van der Waals surface area contributed by atoms with Crippen molar-refractivity contribution in [1.29, 1.82) is 0 Å². The number of hydrogen-bond acceptors (Lipinski definition) is 5. The second-order valence-electron chi connectivity index (χ2n) is 7.49. The SMILES string of the molecule is Cc1ccc(Nc2cccc(C(=O)N3C[C@@H](CN)[C@H](c4ccccc4)C3)c2)nn1.Cl. The third kappa shape index (κ3) is 4.78. The number of hydrogen-bond donors (Lipinski definition) is 2. The van der Waals surface area contributed by atoms with Crippen LogP contribution in [0, 0.1) is 12.8 Å². The Morgan fingerprint density at radius 2 is 1.87 bits per heavy atom. The summed E-state index contributed by atoms with van der Waals surface area (Å²) < 4.78 is 0. The van der Waals surface area contributed by atoms with Crippen molar-refractivity contribution in [3.8, 4) is 0 Å². The molecule has 0 spiro atoms. The van der Waals surface area contributed by atoms with Crippen LogP contribution in [0.1, 0.15) is 27.5 Å². The minimum atomic E-state index is 0. The molecule has 1 amide bonds. The zero-order valence-corrected chi connectivity index (χ0v) is 17.7. The molecule has 30 heavy (non-hydrogen) atoms. The van der Waals surface area contributed by atoms with Crippen molar-refractivity contribution in [3.05, 3.63) is 83.6 Å². The van der Waals surface area contributed by atoms with Gasteiger partial charge in [-0.05, 0) is 55.3 Å². The molecule has 3 N–H and O–H groups in total. The molecule has 1 aromatic heterocycles. The van der Waals surface area contributed by atoms with Crippen LogP contribution in [0.5, 0.6) is 0 Å². The maximum atomic E-state index is 13.2. The van der Waals surface area contributed by atoms with Gasteiger partial charge in [-0.25, -0.2) is 0 Å². The normalized spacial score (nSPS) is 18.0. The van der Waals surface area contributed by atoms with Gasteiger partial charge in [0.1, 0.15) is 0 Å². The third-order valence-electron chi connectivity index (χ3n) is 5.44. The molecule has 156 valence electrons. The van der Waals surface area contributed by atoms with Gasteiger partial charge in [0.05, 0.1) is 5.69 Å². The number of anilines is 2. The Hall–Kier alpha value is -2.96. The Bertz CT molecular complexity index is 980. The van der Waals surface area contributed by atoms with Crippen LogP contribution < -0.4 is 11.1 Å². The summed E-state index contributed by atoms with van der Waals surface area (Å²) in [6.45, 7) is 3.82. The summed E-state index contributed by atoms with van der Waals surface area (Å²) in [6.07, 6.45) is 0. The quantitative estimate of drug-likeness (QED) is 0.652. The fourth-order valence-corrected chi connectivity index (χ4v) is 3.88. The number of likely N-dealkylation sites (tertiary alicyclic amines) is 1. The van der Waals surface area contributed by atoms with E-state index in [9.17, 15) is 4.79 Å². The summed E-state index contributed by atoms with van der Waals surface area (Å²) in [5.74, 6) is 1.22. The van der Waals surface area contributed by atoms with E-state index in [1.54, 1.807) is 0 Å². The number of halogens is 1. The molecule has 1 fully saturated rings. The van der Waals surface area contributed by atoms with E-state index in [1.807, 2.05) is 66.4 Å². The van der Waals surface area contributed by atoms with E-state index in [-0.39, 0.29) is 30.2 Å². The van der Waals surface area contributed by atoms with Crippen LogP contribution in [0.25, 0.3) is 0 Å². The average molecular weight is 424 g/mol. The molecule has 0 unspecified atom stereocenters. The predicted octanol–water partition coefficient (Wildman–Crippen LogP) is 3.76. The molecular weight excluding hydrogens is 398 g/mol. The smallest absolute Gasteiger partial charge is 0.253 e. The minimum Gasteiger partial charge on any atom is -0.339 e. The zero-order valence-electron chi connectivity index (χ0n) is 16.9. The van der Waals surface area contributed by atoms with Crippen molar-refractivity contribution in [2.24, 2.45) is 11.7 Å². The Morgan fingerprint density at radius 3 is 2.57 bits per heavy atom. The molecule has 0 saturated carbocycles. The highest BCUT2D eigenvalue weighted by Crippen LogP contribution is 2.33. The van der Waals surface area contributed by atoms with Gasteiger partial charge >= 0.3 is 0 Å². The minimum absolute atomic E-state index is 0. The van der Waals surface area contributed by atoms with Crippen molar-refractivity contribution < 1.29 is 4.79 Å². The van der Waals surface area contributed by atoms with Gasteiger partial charge in [-0.15, -0.1) is 17.5 Å². The first-order chi connectivity index (χ1) is 14.1. The van der Waals surface area contributed by atoms with Gasteiger partial charge in [0.15, 0.2) is 5.82 Å². The number of amides is 1. The van der Waals surface area contributed by atoms with Gasteiger partial charge in [0, 0.05) is 30.3 Å². The number of rotatable bonds is 5. The molecule has 3 aromatic rings. The van der Waals surface area contributed by atoms with Crippen LogP contribution in [-0.2, 0) is 0 Å². The summed E-state index contributed by atoms with van der Waals surface area (Å²) in [7, 11) is 0. The molecule has 1 aliphatic heterocycles. The molecule has 1 saturated heterocycles. The third-order valence-corrected chi connectivity index (χ3v) is 5.44. The van der Waals surface area contributed by atoms with Gasteiger partial charge in [-0.1, -0.05) is 36.4 Å².